The smallest absolute Gasteiger partial charge is 0.219 e. The number of nitrogens with zero attached hydrogens (tertiary/aromatic N) is 1. The molecule has 0 saturated carbocycles. The Kier molecular flexibility index (Phi) is 3.17. The van der Waals surface area contributed by atoms with Crippen molar-refractivity contribution >= 4 is 0 Å². The second-order valence-electron chi connectivity index (χ2n) is 3.51. The highest BCUT2D eigenvalue weighted by Gasteiger charge is 2.01. The minimum Gasteiger partial charge on any atom is -0.439 e. The van der Waals surface area contributed by atoms with E-state index in [4.69, 9.17) is 10.5 Å². The van der Waals surface area contributed by atoms with Crippen LogP contribution in [-0.2, 0) is 6.54 Å². The van der Waals surface area contributed by atoms with E-state index in [1.54, 1.807) is 0 Å². The van der Waals surface area contributed by atoms with Gasteiger partial charge in [-0.05, 0) is 24.6 Å². The molecular formula is C13H14N2O. The fraction of sp³-hybridized carbons (Fsp3) is 0.154. The SMILES string of the molecule is Cc1nc(Oc2ccccc2)ccc1CN. The molecule has 0 radical (unpaired) electrons. The van der Waals surface area contributed by atoms with Gasteiger partial charge in [-0.2, -0.15) is 0 Å². The number of nitrogens with two attached hydrogens (primary N) is 1. The maximum Gasteiger partial charge on any atom is 0.219 e. The summed E-state index contributed by atoms with van der Waals surface area (Å²) in [6.45, 7) is 2.44. The highest BCUT2D eigenvalue weighted by Crippen LogP contribution is 2.19. The number of ether oxygens (including phenoxy) is 1. The van der Waals surface area contributed by atoms with Crippen molar-refractivity contribution < 1.29 is 4.74 Å². The molecule has 1 aromatic carbocycles. The molecule has 2 rings (SSSR count). The van der Waals surface area contributed by atoms with E-state index in [1.165, 1.54) is 0 Å². The van der Waals surface area contributed by atoms with E-state index in [0.29, 0.717) is 12.4 Å². The Balaban J connectivity index is 2.20. The molecule has 3 heteroatoms. The molecule has 0 atom stereocenters. The highest BCUT2D eigenvalue weighted by atomic mass is 16.5. The Labute approximate surface area is 94.9 Å². The van der Waals surface area contributed by atoms with E-state index in [9.17, 15) is 0 Å². The van der Waals surface area contributed by atoms with Gasteiger partial charge in [0.2, 0.25) is 5.88 Å². The number of aromatic nitrogens is 1. The molecule has 82 valence electrons. The number of hydrogen-bond donors (Lipinski definition) is 1. The van der Waals surface area contributed by atoms with Crippen LogP contribution in [0.3, 0.4) is 0 Å². The Hall–Kier alpha value is -1.87. The predicted molar refractivity (Wildman–Crippen MR) is 63.4 cm³/mol. The van der Waals surface area contributed by atoms with Crippen LogP contribution in [0.15, 0.2) is 42.5 Å². The third kappa shape index (κ3) is 2.38. The summed E-state index contributed by atoms with van der Waals surface area (Å²) in [5.41, 5.74) is 7.53. The van der Waals surface area contributed by atoms with E-state index in [0.717, 1.165) is 17.0 Å². The lowest BCUT2D eigenvalue weighted by Gasteiger charge is -2.07. The van der Waals surface area contributed by atoms with Gasteiger partial charge in [-0.25, -0.2) is 4.98 Å². The summed E-state index contributed by atoms with van der Waals surface area (Å²) in [6, 6.07) is 13.4. The number of para-hydroxylation sites is 1. The van der Waals surface area contributed by atoms with Gasteiger partial charge in [0, 0.05) is 18.3 Å². The average Bonchev–Trinajstić information content (AvgIpc) is 2.31. The zero-order valence-electron chi connectivity index (χ0n) is 9.18. The molecule has 2 aromatic rings. The summed E-state index contributed by atoms with van der Waals surface area (Å²) < 4.78 is 5.61. The first-order valence-electron chi connectivity index (χ1n) is 5.19. The summed E-state index contributed by atoms with van der Waals surface area (Å²) in [6.07, 6.45) is 0. The largest absolute Gasteiger partial charge is 0.439 e. The third-order valence-electron chi connectivity index (χ3n) is 2.36. The molecule has 0 saturated heterocycles. The molecule has 0 fully saturated rings. The Morgan fingerprint density at radius 3 is 2.50 bits per heavy atom. The van der Waals surface area contributed by atoms with Crippen LogP contribution in [0.1, 0.15) is 11.3 Å². The molecule has 2 N–H and O–H groups in total. The van der Waals surface area contributed by atoms with Gasteiger partial charge in [0.05, 0.1) is 0 Å². The summed E-state index contributed by atoms with van der Waals surface area (Å²) in [4.78, 5) is 4.34. The fourth-order valence-corrected chi connectivity index (χ4v) is 1.45. The number of hydrogen-bond acceptors (Lipinski definition) is 3. The maximum atomic E-state index is 5.61. The van der Waals surface area contributed by atoms with Gasteiger partial charge in [-0.1, -0.05) is 24.3 Å². The van der Waals surface area contributed by atoms with E-state index in [-0.39, 0.29) is 0 Å². The lowest BCUT2D eigenvalue weighted by molar-refractivity contribution is 0.461. The van der Waals surface area contributed by atoms with Crippen molar-refractivity contribution in [1.82, 2.24) is 4.98 Å². The van der Waals surface area contributed by atoms with Gasteiger partial charge in [-0.3, -0.25) is 0 Å². The van der Waals surface area contributed by atoms with E-state index in [1.807, 2.05) is 49.4 Å². The first-order valence-corrected chi connectivity index (χ1v) is 5.19. The topological polar surface area (TPSA) is 48.1 Å². The van der Waals surface area contributed by atoms with Crippen LogP contribution in [0.4, 0.5) is 0 Å². The summed E-state index contributed by atoms with van der Waals surface area (Å²) >= 11 is 0. The molecule has 0 aliphatic rings. The first kappa shape index (κ1) is 10.6. The second-order valence-corrected chi connectivity index (χ2v) is 3.51. The zero-order chi connectivity index (χ0) is 11.4. The van der Waals surface area contributed by atoms with Crippen molar-refractivity contribution in [2.24, 2.45) is 5.73 Å². The Bertz CT molecular complexity index is 469. The van der Waals surface area contributed by atoms with Crippen molar-refractivity contribution in [2.75, 3.05) is 0 Å². The van der Waals surface area contributed by atoms with Crippen LogP contribution in [0.5, 0.6) is 11.6 Å². The number of rotatable bonds is 3. The van der Waals surface area contributed by atoms with Crippen molar-refractivity contribution in [2.45, 2.75) is 13.5 Å². The molecule has 0 aliphatic heterocycles. The normalized spacial score (nSPS) is 10.1. The van der Waals surface area contributed by atoms with Gasteiger partial charge >= 0.3 is 0 Å². The molecular weight excluding hydrogens is 200 g/mol. The standard InChI is InChI=1S/C13H14N2O/c1-10-11(9-14)7-8-13(15-10)16-12-5-3-2-4-6-12/h2-8H,9,14H2,1H3. The van der Waals surface area contributed by atoms with E-state index in [2.05, 4.69) is 4.98 Å². The average molecular weight is 214 g/mol. The van der Waals surface area contributed by atoms with Crippen molar-refractivity contribution in [3.8, 4) is 11.6 Å². The third-order valence-corrected chi connectivity index (χ3v) is 2.36. The molecule has 16 heavy (non-hydrogen) atoms. The van der Waals surface area contributed by atoms with Gasteiger partial charge < -0.3 is 10.5 Å². The van der Waals surface area contributed by atoms with Crippen LogP contribution in [0, 0.1) is 6.92 Å². The first-order chi connectivity index (χ1) is 7.79. The monoisotopic (exact) mass is 214 g/mol. The molecule has 0 amide bonds. The Morgan fingerprint density at radius 2 is 1.88 bits per heavy atom. The Morgan fingerprint density at radius 1 is 1.12 bits per heavy atom. The van der Waals surface area contributed by atoms with Crippen LogP contribution < -0.4 is 10.5 Å². The lowest BCUT2D eigenvalue weighted by Crippen LogP contribution is -2.01. The summed E-state index contributed by atoms with van der Waals surface area (Å²) in [7, 11) is 0. The molecule has 0 bridgehead atoms. The second kappa shape index (κ2) is 4.77. The van der Waals surface area contributed by atoms with Crippen LogP contribution in [0.2, 0.25) is 0 Å². The predicted octanol–water partition coefficient (Wildman–Crippen LogP) is 2.64. The minimum absolute atomic E-state index is 0.504. The lowest BCUT2D eigenvalue weighted by atomic mass is 10.2. The summed E-state index contributed by atoms with van der Waals surface area (Å²) in [5.74, 6) is 1.38. The highest BCUT2D eigenvalue weighted by molar-refractivity contribution is 5.30. The molecule has 0 aliphatic carbocycles. The van der Waals surface area contributed by atoms with Crippen LogP contribution in [0.25, 0.3) is 0 Å². The van der Waals surface area contributed by atoms with Gasteiger partial charge in [-0.15, -0.1) is 0 Å². The molecule has 3 nitrogen and oxygen atoms in total. The summed E-state index contributed by atoms with van der Waals surface area (Å²) in [5, 5.41) is 0. The molecule has 0 unspecified atom stereocenters. The van der Waals surface area contributed by atoms with Crippen molar-refractivity contribution in [3.05, 3.63) is 53.7 Å². The van der Waals surface area contributed by atoms with Crippen LogP contribution in [-0.4, -0.2) is 4.98 Å². The number of pyridine rings is 1. The van der Waals surface area contributed by atoms with Gasteiger partial charge in [0.15, 0.2) is 0 Å². The van der Waals surface area contributed by atoms with E-state index < -0.39 is 0 Å². The van der Waals surface area contributed by atoms with Crippen molar-refractivity contribution in [1.29, 1.82) is 0 Å². The molecule has 0 spiro atoms. The molecule has 1 heterocycles. The number of benzene rings is 1. The quantitative estimate of drug-likeness (QED) is 0.854. The van der Waals surface area contributed by atoms with E-state index >= 15 is 0 Å². The van der Waals surface area contributed by atoms with Gasteiger partial charge in [0.25, 0.3) is 0 Å². The van der Waals surface area contributed by atoms with Gasteiger partial charge in [0.1, 0.15) is 5.75 Å². The van der Waals surface area contributed by atoms with Crippen molar-refractivity contribution in [3.63, 3.8) is 0 Å². The van der Waals surface area contributed by atoms with Crippen LogP contribution >= 0.6 is 0 Å². The zero-order valence-corrected chi connectivity index (χ0v) is 9.18. The molecule has 1 aromatic heterocycles. The number of aryl methyl sites for hydroxylation is 1. The fourth-order valence-electron chi connectivity index (χ4n) is 1.45. The minimum atomic E-state index is 0.504. The maximum absolute atomic E-state index is 5.61.